The first kappa shape index (κ1) is 29.1. The minimum Gasteiger partial charge on any atom is -0.493 e. The van der Waals surface area contributed by atoms with Gasteiger partial charge in [-0.15, -0.1) is 0 Å². The van der Waals surface area contributed by atoms with Gasteiger partial charge in [0, 0.05) is 11.6 Å². The van der Waals surface area contributed by atoms with Crippen LogP contribution < -0.4 is 14.8 Å². The SMILES string of the molecule is CCCCOc1cc(C(F)(F)F)ccc1/C=C/C(=O)NC(CC)c1cc(F)c(NS(C)(=O)=O)c(F)c1. The number of hydrogen-bond acceptors (Lipinski definition) is 4. The van der Waals surface area contributed by atoms with Crippen LogP contribution in [0.5, 0.6) is 5.75 Å². The minimum atomic E-state index is -4.56. The summed E-state index contributed by atoms with van der Waals surface area (Å²) in [7, 11) is -3.92. The lowest BCUT2D eigenvalue weighted by Gasteiger charge is -2.18. The van der Waals surface area contributed by atoms with E-state index in [1.54, 1.807) is 11.6 Å². The van der Waals surface area contributed by atoms with E-state index in [4.69, 9.17) is 4.74 Å². The Morgan fingerprint density at radius 3 is 2.28 bits per heavy atom. The Bertz CT molecular complexity index is 1190. The van der Waals surface area contributed by atoms with Crippen LogP contribution in [-0.2, 0) is 21.0 Å². The fourth-order valence-electron chi connectivity index (χ4n) is 3.18. The number of ether oxygens (including phenoxy) is 1. The highest BCUT2D eigenvalue weighted by atomic mass is 32.2. The van der Waals surface area contributed by atoms with Crippen molar-refractivity contribution in [3.63, 3.8) is 0 Å². The largest absolute Gasteiger partial charge is 0.493 e. The van der Waals surface area contributed by atoms with E-state index in [0.717, 1.165) is 43.0 Å². The maximum Gasteiger partial charge on any atom is 0.416 e. The summed E-state index contributed by atoms with van der Waals surface area (Å²) in [6.45, 7) is 3.75. The molecule has 1 unspecified atom stereocenters. The van der Waals surface area contributed by atoms with E-state index in [1.165, 1.54) is 12.1 Å². The number of nitrogens with one attached hydrogen (secondary N) is 2. The Morgan fingerprint density at radius 1 is 1.11 bits per heavy atom. The molecule has 0 spiro atoms. The normalized spacial score (nSPS) is 13.0. The fourth-order valence-corrected chi connectivity index (χ4v) is 3.75. The van der Waals surface area contributed by atoms with Crippen LogP contribution in [0.15, 0.2) is 36.4 Å². The Balaban J connectivity index is 2.23. The monoisotopic (exact) mass is 534 g/mol. The van der Waals surface area contributed by atoms with Gasteiger partial charge in [0.15, 0.2) is 11.6 Å². The number of sulfonamides is 1. The highest BCUT2D eigenvalue weighted by Gasteiger charge is 2.31. The van der Waals surface area contributed by atoms with E-state index in [0.29, 0.717) is 6.42 Å². The Morgan fingerprint density at radius 2 is 1.75 bits per heavy atom. The van der Waals surface area contributed by atoms with Crippen LogP contribution >= 0.6 is 0 Å². The van der Waals surface area contributed by atoms with Gasteiger partial charge in [0.1, 0.15) is 11.4 Å². The first-order chi connectivity index (χ1) is 16.7. The molecule has 0 fully saturated rings. The molecule has 12 heteroatoms. The standard InChI is InChI=1S/C24H27F5N2O4S/c1-4-6-11-35-21-14-17(24(27,28)29)9-7-15(21)8-10-22(32)30-20(5-2)16-12-18(25)23(19(26)13-16)31-36(3,33)34/h7-10,12-14,20,31H,4-6,11H2,1-3H3,(H,30,32)/b10-8+. The van der Waals surface area contributed by atoms with Gasteiger partial charge in [-0.2, -0.15) is 13.2 Å². The second kappa shape index (κ2) is 12.2. The Hall–Kier alpha value is -3.15. The summed E-state index contributed by atoms with van der Waals surface area (Å²) >= 11 is 0. The number of carbonyl (C=O) groups excluding carboxylic acids is 1. The number of anilines is 1. The average molecular weight is 535 g/mol. The van der Waals surface area contributed by atoms with Crippen LogP contribution in [0.4, 0.5) is 27.6 Å². The number of hydrogen-bond donors (Lipinski definition) is 2. The molecular weight excluding hydrogens is 507 g/mol. The van der Waals surface area contributed by atoms with Crippen molar-refractivity contribution >= 4 is 27.7 Å². The van der Waals surface area contributed by atoms with Crippen LogP contribution in [-0.4, -0.2) is 27.2 Å². The highest BCUT2D eigenvalue weighted by molar-refractivity contribution is 7.92. The predicted molar refractivity (Wildman–Crippen MR) is 127 cm³/mol. The van der Waals surface area contributed by atoms with Crippen molar-refractivity contribution in [3.05, 3.63) is 64.7 Å². The van der Waals surface area contributed by atoms with Crippen molar-refractivity contribution in [2.45, 2.75) is 45.3 Å². The number of unbranched alkanes of at least 4 members (excludes halogenated alkanes) is 1. The fraction of sp³-hybridized carbons (Fsp3) is 0.375. The molecule has 2 aromatic carbocycles. The molecule has 0 aliphatic heterocycles. The lowest BCUT2D eigenvalue weighted by Crippen LogP contribution is -2.26. The van der Waals surface area contributed by atoms with Crippen LogP contribution in [0, 0.1) is 11.6 Å². The van der Waals surface area contributed by atoms with Gasteiger partial charge in [-0.1, -0.05) is 26.3 Å². The summed E-state index contributed by atoms with van der Waals surface area (Å²) < 4.78 is 97.8. The zero-order valence-corrected chi connectivity index (χ0v) is 20.7. The number of rotatable bonds is 11. The molecule has 0 heterocycles. The molecule has 6 nitrogen and oxygen atoms in total. The number of amides is 1. The van der Waals surface area contributed by atoms with Crippen molar-refractivity contribution < 1.29 is 39.9 Å². The summed E-state index contributed by atoms with van der Waals surface area (Å²) in [6, 6.07) is 3.90. The molecule has 36 heavy (non-hydrogen) atoms. The molecule has 0 bridgehead atoms. The lowest BCUT2D eigenvalue weighted by atomic mass is 10.0. The van der Waals surface area contributed by atoms with Gasteiger partial charge < -0.3 is 10.1 Å². The third-order valence-electron chi connectivity index (χ3n) is 4.99. The van der Waals surface area contributed by atoms with Crippen molar-refractivity contribution in [1.29, 1.82) is 0 Å². The third kappa shape index (κ3) is 8.51. The van der Waals surface area contributed by atoms with Crippen molar-refractivity contribution in [2.75, 3.05) is 17.6 Å². The van der Waals surface area contributed by atoms with Gasteiger partial charge in [-0.25, -0.2) is 17.2 Å². The number of benzene rings is 2. The maximum atomic E-state index is 14.3. The summed E-state index contributed by atoms with van der Waals surface area (Å²) in [6.07, 6.45) is 0.185. The molecule has 2 rings (SSSR count). The van der Waals surface area contributed by atoms with Crippen LogP contribution in [0.2, 0.25) is 0 Å². The molecule has 198 valence electrons. The Labute approximate surface area is 206 Å². The van der Waals surface area contributed by atoms with Crippen LogP contribution in [0.25, 0.3) is 6.08 Å². The molecule has 2 aromatic rings. The second-order valence-electron chi connectivity index (χ2n) is 7.99. The number of alkyl halides is 3. The lowest BCUT2D eigenvalue weighted by molar-refractivity contribution is -0.137. The molecule has 0 aliphatic rings. The zero-order chi connectivity index (χ0) is 27.1. The molecule has 0 saturated carbocycles. The molecule has 0 radical (unpaired) electrons. The number of carbonyl (C=O) groups is 1. The first-order valence-corrected chi connectivity index (χ1v) is 12.9. The second-order valence-corrected chi connectivity index (χ2v) is 9.74. The molecule has 0 saturated heterocycles. The van der Waals surface area contributed by atoms with E-state index in [-0.39, 0.29) is 29.9 Å². The van der Waals surface area contributed by atoms with E-state index in [9.17, 15) is 35.2 Å². The minimum absolute atomic E-state index is 0.0347. The number of halogens is 5. The van der Waals surface area contributed by atoms with Gasteiger partial charge in [0.2, 0.25) is 15.9 Å². The maximum absolute atomic E-state index is 14.3. The zero-order valence-electron chi connectivity index (χ0n) is 19.9. The molecular formula is C24H27F5N2O4S. The molecule has 0 aromatic heterocycles. The molecule has 1 atom stereocenters. The molecule has 1 amide bonds. The van der Waals surface area contributed by atoms with E-state index in [1.807, 2.05) is 6.92 Å². The van der Waals surface area contributed by atoms with Crippen molar-refractivity contribution in [3.8, 4) is 5.75 Å². The van der Waals surface area contributed by atoms with Gasteiger partial charge in [0.05, 0.1) is 24.5 Å². The van der Waals surface area contributed by atoms with Gasteiger partial charge in [-0.3, -0.25) is 9.52 Å². The third-order valence-corrected chi connectivity index (χ3v) is 5.56. The predicted octanol–water partition coefficient (Wildman–Crippen LogP) is 5.81. The summed E-state index contributed by atoms with van der Waals surface area (Å²) in [5, 5.41) is 2.56. The summed E-state index contributed by atoms with van der Waals surface area (Å²) in [4.78, 5) is 12.5. The average Bonchev–Trinajstić information content (AvgIpc) is 2.77. The smallest absolute Gasteiger partial charge is 0.416 e. The van der Waals surface area contributed by atoms with Crippen LogP contribution in [0.1, 0.15) is 55.8 Å². The van der Waals surface area contributed by atoms with Gasteiger partial charge >= 0.3 is 6.18 Å². The van der Waals surface area contributed by atoms with Gasteiger partial charge in [0.25, 0.3) is 0 Å². The topological polar surface area (TPSA) is 84.5 Å². The van der Waals surface area contributed by atoms with E-state index >= 15 is 0 Å². The Kier molecular flexibility index (Phi) is 9.85. The molecule has 2 N–H and O–H groups in total. The van der Waals surface area contributed by atoms with E-state index in [2.05, 4.69) is 5.32 Å². The van der Waals surface area contributed by atoms with Crippen molar-refractivity contribution in [1.82, 2.24) is 5.32 Å². The summed E-state index contributed by atoms with van der Waals surface area (Å²) in [5.74, 6) is -3.01. The highest BCUT2D eigenvalue weighted by Crippen LogP contribution is 2.34. The van der Waals surface area contributed by atoms with E-state index < -0.39 is 51.0 Å². The van der Waals surface area contributed by atoms with Crippen LogP contribution in [0.3, 0.4) is 0 Å². The molecule has 0 aliphatic carbocycles. The summed E-state index contributed by atoms with van der Waals surface area (Å²) in [5.41, 5.74) is -1.42. The van der Waals surface area contributed by atoms with Gasteiger partial charge in [-0.05, 0) is 48.7 Å². The quantitative estimate of drug-likeness (QED) is 0.216. The van der Waals surface area contributed by atoms with Crippen molar-refractivity contribution in [2.24, 2.45) is 0 Å². The first-order valence-electron chi connectivity index (χ1n) is 11.0.